The Kier molecular flexibility index (Phi) is 3.77. The van der Waals surface area contributed by atoms with Gasteiger partial charge in [-0.05, 0) is 31.2 Å². The van der Waals surface area contributed by atoms with E-state index in [0.717, 1.165) is 11.8 Å². The molecule has 1 aliphatic heterocycles. The van der Waals surface area contributed by atoms with Crippen LogP contribution in [0.15, 0.2) is 34.9 Å². The van der Waals surface area contributed by atoms with Gasteiger partial charge in [-0.15, -0.1) is 0 Å². The number of carbonyl (C=O) groups excluding carboxylic acids is 2. The lowest BCUT2D eigenvalue weighted by molar-refractivity contribution is -0.116. The molecule has 2 amide bonds. The zero-order chi connectivity index (χ0) is 14.9. The summed E-state index contributed by atoms with van der Waals surface area (Å²) < 4.78 is 13.0. The van der Waals surface area contributed by atoms with Crippen LogP contribution < -0.4 is 10.6 Å². The molecule has 20 heavy (non-hydrogen) atoms. The molecule has 1 aromatic rings. The topological polar surface area (TPSA) is 87.2 Å². The van der Waals surface area contributed by atoms with Gasteiger partial charge in [0.15, 0.2) is 0 Å². The van der Waals surface area contributed by atoms with Gasteiger partial charge in [0.1, 0.15) is 22.5 Å². The number of carbonyl (C=O) groups is 2. The molecule has 0 radical (unpaired) electrons. The minimum Gasteiger partial charge on any atom is -0.365 e. The van der Waals surface area contributed by atoms with Crippen LogP contribution in [0.5, 0.6) is 0 Å². The van der Waals surface area contributed by atoms with Crippen LogP contribution in [0.4, 0.5) is 10.1 Å². The van der Waals surface area contributed by atoms with Gasteiger partial charge >= 0.3 is 0 Å². The van der Waals surface area contributed by atoms with Gasteiger partial charge in [-0.2, -0.15) is 5.26 Å². The number of hydrogen-bond donors (Lipinski definition) is 1. The summed E-state index contributed by atoms with van der Waals surface area (Å²) in [5.41, 5.74) is 5.26. The third kappa shape index (κ3) is 2.38. The van der Waals surface area contributed by atoms with Gasteiger partial charge in [0, 0.05) is 5.69 Å². The lowest BCUT2D eigenvalue weighted by Gasteiger charge is -2.17. The van der Waals surface area contributed by atoms with Crippen LogP contribution in [-0.2, 0) is 9.59 Å². The molecule has 0 unspecified atom stereocenters. The highest BCUT2D eigenvalue weighted by Crippen LogP contribution is 2.40. The SMILES string of the molecule is C[C@@H]1S/C(=C(\C#N)C(N)=O)N(c2ccc(F)cc2)C1=O. The Morgan fingerprint density at radius 1 is 1.45 bits per heavy atom. The third-order valence-electron chi connectivity index (χ3n) is 2.72. The summed E-state index contributed by atoms with van der Waals surface area (Å²) in [7, 11) is 0. The molecule has 2 N–H and O–H groups in total. The Morgan fingerprint density at radius 2 is 2.05 bits per heavy atom. The van der Waals surface area contributed by atoms with Crippen molar-refractivity contribution < 1.29 is 14.0 Å². The van der Waals surface area contributed by atoms with Crippen molar-refractivity contribution in [3.05, 3.63) is 40.7 Å². The average molecular weight is 291 g/mol. The summed E-state index contributed by atoms with van der Waals surface area (Å²) in [6, 6.07) is 6.92. The molecule has 1 fully saturated rings. The number of hydrogen-bond acceptors (Lipinski definition) is 4. The molecule has 2 rings (SSSR count). The highest BCUT2D eigenvalue weighted by atomic mass is 32.2. The first-order chi connectivity index (χ1) is 9.45. The van der Waals surface area contributed by atoms with E-state index >= 15 is 0 Å². The Morgan fingerprint density at radius 3 is 2.55 bits per heavy atom. The molecular weight excluding hydrogens is 281 g/mol. The van der Waals surface area contributed by atoms with E-state index in [2.05, 4.69) is 0 Å². The second-order valence-corrected chi connectivity index (χ2v) is 5.40. The van der Waals surface area contributed by atoms with Crippen molar-refractivity contribution in [3.63, 3.8) is 0 Å². The third-order valence-corrected chi connectivity index (χ3v) is 3.88. The molecule has 1 atom stereocenters. The van der Waals surface area contributed by atoms with Crippen LogP contribution in [0.2, 0.25) is 0 Å². The number of nitriles is 1. The zero-order valence-electron chi connectivity index (χ0n) is 10.5. The maximum absolute atomic E-state index is 13.0. The van der Waals surface area contributed by atoms with E-state index in [4.69, 9.17) is 11.0 Å². The number of thioether (sulfide) groups is 1. The van der Waals surface area contributed by atoms with Crippen molar-refractivity contribution in [1.82, 2.24) is 0 Å². The fraction of sp³-hybridized carbons (Fsp3) is 0.154. The molecule has 5 nitrogen and oxygen atoms in total. The van der Waals surface area contributed by atoms with Gasteiger partial charge in [-0.3, -0.25) is 14.5 Å². The van der Waals surface area contributed by atoms with Crippen LogP contribution in [0.25, 0.3) is 0 Å². The Balaban J connectivity index is 2.58. The number of primary amides is 1. The van der Waals surface area contributed by atoms with Gasteiger partial charge in [-0.1, -0.05) is 11.8 Å². The molecule has 1 aliphatic rings. The van der Waals surface area contributed by atoms with Crippen LogP contribution in [0, 0.1) is 17.1 Å². The molecule has 7 heteroatoms. The van der Waals surface area contributed by atoms with Crippen LogP contribution >= 0.6 is 11.8 Å². The second-order valence-electron chi connectivity index (χ2n) is 4.07. The van der Waals surface area contributed by atoms with E-state index in [1.54, 1.807) is 13.0 Å². The van der Waals surface area contributed by atoms with Gasteiger partial charge in [0.2, 0.25) is 5.91 Å². The monoisotopic (exact) mass is 291 g/mol. The number of halogens is 1. The van der Waals surface area contributed by atoms with E-state index in [1.165, 1.54) is 29.2 Å². The second kappa shape index (κ2) is 5.35. The molecule has 0 aliphatic carbocycles. The fourth-order valence-corrected chi connectivity index (χ4v) is 2.87. The molecule has 0 aromatic heterocycles. The molecule has 1 saturated heterocycles. The largest absolute Gasteiger partial charge is 0.365 e. The standard InChI is InChI=1S/C13H10FN3O2S/c1-7-12(19)17(9-4-2-8(14)3-5-9)13(20-7)10(6-15)11(16)18/h2-5,7H,1H3,(H2,16,18)/b13-10+/t7-/m0/s1. The van der Waals surface area contributed by atoms with Gasteiger partial charge in [0.25, 0.3) is 5.91 Å². The summed E-state index contributed by atoms with van der Waals surface area (Å²) in [5, 5.41) is 8.76. The van der Waals surface area contributed by atoms with Crippen LogP contribution in [0.3, 0.4) is 0 Å². The highest BCUT2D eigenvalue weighted by Gasteiger charge is 2.37. The van der Waals surface area contributed by atoms with Gasteiger partial charge < -0.3 is 5.73 Å². The van der Waals surface area contributed by atoms with E-state index in [-0.39, 0.29) is 16.5 Å². The number of benzene rings is 1. The maximum Gasteiger partial charge on any atom is 0.262 e. The predicted octanol–water partition coefficient (Wildman–Crippen LogP) is 1.51. The van der Waals surface area contributed by atoms with Crippen molar-refractivity contribution in [2.24, 2.45) is 5.73 Å². The average Bonchev–Trinajstić information content (AvgIpc) is 2.68. The Bertz CT molecular complexity index is 649. The zero-order valence-corrected chi connectivity index (χ0v) is 11.3. The first-order valence-electron chi connectivity index (χ1n) is 5.66. The first kappa shape index (κ1) is 14.1. The Labute approximate surface area is 118 Å². The molecule has 1 aromatic carbocycles. The van der Waals surface area contributed by atoms with E-state index in [0.29, 0.717) is 5.69 Å². The first-order valence-corrected chi connectivity index (χ1v) is 6.54. The predicted molar refractivity (Wildman–Crippen MR) is 72.8 cm³/mol. The minimum atomic E-state index is -0.899. The molecular formula is C13H10FN3O2S. The molecule has 0 saturated carbocycles. The van der Waals surface area contributed by atoms with Crippen molar-refractivity contribution in [1.29, 1.82) is 5.26 Å². The van der Waals surface area contributed by atoms with Crippen molar-refractivity contribution in [2.45, 2.75) is 12.2 Å². The summed E-state index contributed by atoms with van der Waals surface area (Å²) >= 11 is 1.08. The molecule has 0 bridgehead atoms. The number of nitrogens with zero attached hydrogens (tertiary/aromatic N) is 2. The van der Waals surface area contributed by atoms with E-state index in [1.807, 2.05) is 0 Å². The number of rotatable bonds is 2. The lowest BCUT2D eigenvalue weighted by Crippen LogP contribution is -2.29. The summed E-state index contributed by atoms with van der Waals surface area (Å²) in [6.07, 6.45) is 0. The van der Waals surface area contributed by atoms with Crippen LogP contribution in [-0.4, -0.2) is 17.1 Å². The van der Waals surface area contributed by atoms with Gasteiger partial charge in [0.05, 0.1) is 5.25 Å². The van der Waals surface area contributed by atoms with Crippen molar-refractivity contribution >= 4 is 29.3 Å². The Hall–Kier alpha value is -2.33. The summed E-state index contributed by atoms with van der Waals surface area (Å²) in [6.45, 7) is 1.66. The maximum atomic E-state index is 13.0. The van der Waals surface area contributed by atoms with Crippen molar-refractivity contribution in [3.8, 4) is 6.07 Å². The highest BCUT2D eigenvalue weighted by molar-refractivity contribution is 8.05. The molecule has 1 heterocycles. The quantitative estimate of drug-likeness (QED) is 0.661. The number of amides is 2. The number of nitrogens with two attached hydrogens (primary N) is 1. The summed E-state index contributed by atoms with van der Waals surface area (Å²) in [4.78, 5) is 24.7. The molecule has 0 spiro atoms. The lowest BCUT2D eigenvalue weighted by atomic mass is 10.2. The fourth-order valence-electron chi connectivity index (χ4n) is 1.77. The van der Waals surface area contributed by atoms with E-state index < -0.39 is 17.0 Å². The van der Waals surface area contributed by atoms with Crippen molar-refractivity contribution in [2.75, 3.05) is 4.90 Å². The minimum absolute atomic E-state index is 0.184. The molecule has 102 valence electrons. The normalized spacial score (nSPS) is 20.8. The number of anilines is 1. The van der Waals surface area contributed by atoms with Gasteiger partial charge in [-0.25, -0.2) is 4.39 Å². The summed E-state index contributed by atoms with van der Waals surface area (Å²) in [5.74, 6) is -1.63. The van der Waals surface area contributed by atoms with Crippen LogP contribution in [0.1, 0.15) is 6.92 Å². The smallest absolute Gasteiger partial charge is 0.262 e. The van der Waals surface area contributed by atoms with E-state index in [9.17, 15) is 14.0 Å².